The number of nitrogens with zero attached hydrogens (tertiary/aromatic N) is 2. The highest BCUT2D eigenvalue weighted by molar-refractivity contribution is 8.03. The van der Waals surface area contributed by atoms with Gasteiger partial charge >= 0.3 is 5.97 Å². The Labute approximate surface area is 171 Å². The van der Waals surface area contributed by atoms with Crippen LogP contribution in [0.25, 0.3) is 6.08 Å². The molecule has 1 aromatic carbocycles. The average molecular weight is 411 g/mol. The molecule has 7 heteroatoms. The van der Waals surface area contributed by atoms with Gasteiger partial charge in [0.1, 0.15) is 11.1 Å². The summed E-state index contributed by atoms with van der Waals surface area (Å²) in [5, 5.41) is 10.5. The van der Waals surface area contributed by atoms with Crippen LogP contribution in [0.15, 0.2) is 53.1 Å². The molecule has 5 nitrogen and oxygen atoms in total. The first-order valence-corrected chi connectivity index (χ1v) is 10.9. The molecule has 1 saturated heterocycles. The number of hydrogen-bond acceptors (Lipinski definition) is 5. The number of thioether (sulfide) groups is 1. The number of benzene rings is 1. The third kappa shape index (κ3) is 2.99. The van der Waals surface area contributed by atoms with Gasteiger partial charge in [-0.25, -0.2) is 4.79 Å². The van der Waals surface area contributed by atoms with Crippen molar-refractivity contribution in [3.8, 4) is 0 Å². The minimum Gasteiger partial charge on any atom is -0.477 e. The molecule has 2 aromatic rings. The number of hydrogen-bond donors (Lipinski definition) is 1. The maximum Gasteiger partial charge on any atom is 0.353 e. The van der Waals surface area contributed by atoms with E-state index in [1.165, 1.54) is 32.7 Å². The Bertz CT molecular complexity index is 1030. The molecule has 0 spiro atoms. The normalized spacial score (nSPS) is 22.6. The minimum absolute atomic E-state index is 0.0826. The SMILES string of the molecule is O=C(O)C1=CSC2/C(=C\c3cc4c(s3)CCN(Cc3ccccc3)C4)C(=O)N12. The Balaban J connectivity index is 1.30. The van der Waals surface area contributed by atoms with Gasteiger partial charge in [0.05, 0.1) is 5.57 Å². The van der Waals surface area contributed by atoms with E-state index >= 15 is 0 Å². The molecule has 1 aromatic heterocycles. The van der Waals surface area contributed by atoms with E-state index in [-0.39, 0.29) is 17.0 Å². The van der Waals surface area contributed by atoms with Crippen LogP contribution in [0.2, 0.25) is 0 Å². The molecule has 3 aliphatic rings. The van der Waals surface area contributed by atoms with Crippen LogP contribution >= 0.6 is 23.1 Å². The van der Waals surface area contributed by atoms with Crippen LogP contribution in [0.4, 0.5) is 0 Å². The predicted octanol–water partition coefficient (Wildman–Crippen LogP) is 3.53. The van der Waals surface area contributed by atoms with Gasteiger partial charge in [0, 0.05) is 34.8 Å². The fraction of sp³-hybridized carbons (Fsp3) is 0.238. The highest BCUT2D eigenvalue weighted by atomic mass is 32.2. The van der Waals surface area contributed by atoms with Crippen molar-refractivity contribution in [2.45, 2.75) is 24.9 Å². The highest BCUT2D eigenvalue weighted by Crippen LogP contribution is 2.45. The molecule has 0 saturated carbocycles. The number of carbonyl (C=O) groups is 2. The number of aliphatic carboxylic acids is 1. The van der Waals surface area contributed by atoms with Gasteiger partial charge in [-0.1, -0.05) is 30.3 Å². The summed E-state index contributed by atoms with van der Waals surface area (Å²) in [6, 6.07) is 12.7. The third-order valence-corrected chi connectivity index (χ3v) is 7.53. The number of β-lactam (4-membered cyclic amide) rings is 1. The van der Waals surface area contributed by atoms with Gasteiger partial charge in [0.2, 0.25) is 0 Å². The van der Waals surface area contributed by atoms with Crippen LogP contribution in [0, 0.1) is 0 Å². The van der Waals surface area contributed by atoms with Crippen LogP contribution in [0.3, 0.4) is 0 Å². The van der Waals surface area contributed by atoms with E-state index in [2.05, 4.69) is 35.2 Å². The zero-order chi connectivity index (χ0) is 19.3. The number of fused-ring (bicyclic) bond motifs is 2. The van der Waals surface area contributed by atoms with Crippen molar-refractivity contribution < 1.29 is 14.7 Å². The molecule has 142 valence electrons. The van der Waals surface area contributed by atoms with E-state index in [1.807, 2.05) is 12.1 Å². The van der Waals surface area contributed by atoms with Crippen molar-refractivity contribution in [1.82, 2.24) is 9.80 Å². The van der Waals surface area contributed by atoms with Gasteiger partial charge in [0.15, 0.2) is 0 Å². The second-order valence-corrected chi connectivity index (χ2v) is 9.24. The molecule has 5 rings (SSSR count). The molecule has 28 heavy (non-hydrogen) atoms. The summed E-state index contributed by atoms with van der Waals surface area (Å²) in [7, 11) is 0. The summed E-state index contributed by atoms with van der Waals surface area (Å²) in [5.74, 6) is -1.24. The van der Waals surface area contributed by atoms with E-state index in [0.29, 0.717) is 5.57 Å². The summed E-state index contributed by atoms with van der Waals surface area (Å²) in [5.41, 5.74) is 3.44. The van der Waals surface area contributed by atoms with E-state index in [1.54, 1.807) is 16.7 Å². The Hall–Kier alpha value is -2.35. The second kappa shape index (κ2) is 6.92. The lowest BCUT2D eigenvalue weighted by Gasteiger charge is -2.37. The van der Waals surface area contributed by atoms with E-state index in [0.717, 1.165) is 30.9 Å². The van der Waals surface area contributed by atoms with Crippen molar-refractivity contribution in [2.24, 2.45) is 0 Å². The minimum atomic E-state index is -1.05. The summed E-state index contributed by atoms with van der Waals surface area (Å²) >= 11 is 3.13. The van der Waals surface area contributed by atoms with E-state index < -0.39 is 5.97 Å². The number of rotatable bonds is 4. The summed E-state index contributed by atoms with van der Waals surface area (Å²) in [6.45, 7) is 2.91. The van der Waals surface area contributed by atoms with Gasteiger partial charge in [-0.2, -0.15) is 0 Å². The smallest absolute Gasteiger partial charge is 0.353 e. The zero-order valence-electron chi connectivity index (χ0n) is 15.0. The van der Waals surface area contributed by atoms with Crippen molar-refractivity contribution >= 4 is 41.1 Å². The molecule has 4 heterocycles. The summed E-state index contributed by atoms with van der Waals surface area (Å²) in [6.07, 6.45) is 2.97. The first-order valence-electron chi connectivity index (χ1n) is 9.12. The largest absolute Gasteiger partial charge is 0.477 e. The Morgan fingerprint density at radius 3 is 2.89 bits per heavy atom. The molecule has 3 aliphatic heterocycles. The zero-order valence-corrected chi connectivity index (χ0v) is 16.6. The number of amides is 1. The molecular weight excluding hydrogens is 392 g/mol. The van der Waals surface area contributed by atoms with Gasteiger partial charge in [-0.15, -0.1) is 23.1 Å². The maximum atomic E-state index is 12.4. The van der Waals surface area contributed by atoms with Crippen LogP contribution in [0.1, 0.15) is 20.9 Å². The molecule has 1 fully saturated rings. The quantitative estimate of drug-likeness (QED) is 0.617. The van der Waals surface area contributed by atoms with Gasteiger partial charge in [-0.3, -0.25) is 14.6 Å². The lowest BCUT2D eigenvalue weighted by Crippen LogP contribution is -2.51. The molecule has 1 amide bonds. The molecule has 1 unspecified atom stereocenters. The lowest BCUT2D eigenvalue weighted by atomic mass is 10.0. The van der Waals surface area contributed by atoms with Crippen LogP contribution in [0.5, 0.6) is 0 Å². The molecular formula is C21H18N2O3S2. The number of carboxylic acids is 1. The fourth-order valence-corrected chi connectivity index (χ4v) is 6.12. The first kappa shape index (κ1) is 17.7. The number of thiophene rings is 1. The topological polar surface area (TPSA) is 60.9 Å². The lowest BCUT2D eigenvalue weighted by molar-refractivity contribution is -0.141. The Morgan fingerprint density at radius 2 is 2.11 bits per heavy atom. The highest BCUT2D eigenvalue weighted by Gasteiger charge is 2.49. The second-order valence-electron chi connectivity index (χ2n) is 7.11. The molecule has 0 aliphatic carbocycles. The van der Waals surface area contributed by atoms with Crippen molar-refractivity contribution in [2.75, 3.05) is 6.54 Å². The molecule has 1 atom stereocenters. The van der Waals surface area contributed by atoms with Crippen molar-refractivity contribution in [3.05, 3.63) is 74.0 Å². The third-order valence-electron chi connectivity index (χ3n) is 5.27. The van der Waals surface area contributed by atoms with Crippen LogP contribution in [-0.2, 0) is 29.1 Å². The van der Waals surface area contributed by atoms with Crippen molar-refractivity contribution in [3.63, 3.8) is 0 Å². The first-order chi connectivity index (χ1) is 13.6. The van der Waals surface area contributed by atoms with E-state index in [4.69, 9.17) is 0 Å². The van der Waals surface area contributed by atoms with Gasteiger partial charge in [-0.05, 0) is 29.7 Å². The van der Waals surface area contributed by atoms with Gasteiger partial charge in [0.25, 0.3) is 5.91 Å². The predicted molar refractivity (Wildman–Crippen MR) is 110 cm³/mol. The Kier molecular flexibility index (Phi) is 4.38. The average Bonchev–Trinajstić information content (AvgIpc) is 3.28. The van der Waals surface area contributed by atoms with Gasteiger partial charge < -0.3 is 5.11 Å². The standard InChI is InChI=1S/C21H18N2O3S2/c24-19-16(20-23(19)17(12-27-20)21(25)26)9-15-8-14-11-22(7-6-18(14)28-15)10-13-4-2-1-3-5-13/h1-5,8-9,12,20H,6-7,10-11H2,(H,25,26)/b16-9-. The molecule has 1 N–H and O–H groups in total. The van der Waals surface area contributed by atoms with Crippen LogP contribution in [-0.4, -0.2) is 38.7 Å². The fourth-order valence-electron chi connectivity index (χ4n) is 3.88. The molecule has 0 bridgehead atoms. The number of carbonyl (C=O) groups excluding carboxylic acids is 1. The van der Waals surface area contributed by atoms with Crippen LogP contribution < -0.4 is 0 Å². The summed E-state index contributed by atoms with van der Waals surface area (Å²) < 4.78 is 0. The molecule has 0 radical (unpaired) electrons. The monoisotopic (exact) mass is 410 g/mol. The number of carboxylic acid groups (broad SMARTS) is 1. The maximum absolute atomic E-state index is 12.4. The summed E-state index contributed by atoms with van der Waals surface area (Å²) in [4.78, 5) is 29.9. The van der Waals surface area contributed by atoms with Crippen molar-refractivity contribution in [1.29, 1.82) is 0 Å². The Morgan fingerprint density at radius 1 is 1.29 bits per heavy atom. The van der Waals surface area contributed by atoms with E-state index in [9.17, 15) is 14.7 Å².